The summed E-state index contributed by atoms with van der Waals surface area (Å²) in [6.45, 7) is 0. The van der Waals surface area contributed by atoms with Crippen LogP contribution in [0.15, 0.2) is 97.1 Å². The van der Waals surface area contributed by atoms with Gasteiger partial charge in [-0.2, -0.15) is 0 Å². The van der Waals surface area contributed by atoms with E-state index < -0.39 is 5.97 Å². The number of carboxylic acid groups (broad SMARTS) is 1. The number of carbonyl (C=O) groups is 2. The fraction of sp³-hybridized carbons (Fsp3) is 0. The second-order valence-corrected chi connectivity index (χ2v) is 7.10. The van der Waals surface area contributed by atoms with Gasteiger partial charge < -0.3 is 9.67 Å². The minimum Gasteiger partial charge on any atom is -0.478 e. The summed E-state index contributed by atoms with van der Waals surface area (Å²) in [5.74, 6) is -1.41. The van der Waals surface area contributed by atoms with Crippen LogP contribution < -0.4 is 0 Å². The number of fused-ring (bicyclic) bond motifs is 3. The monoisotopic (exact) mass is 391 g/mol. The van der Waals surface area contributed by atoms with Gasteiger partial charge in [-0.05, 0) is 42.5 Å². The molecule has 5 rings (SSSR count). The second-order valence-electron chi connectivity index (χ2n) is 7.10. The Labute approximate surface area is 172 Å². The van der Waals surface area contributed by atoms with E-state index in [2.05, 4.69) is 10.6 Å². The standard InChI is InChI=1S/C26H17NO3/c28-25(20-11-4-5-12-21(20)26(29)30)17-14-15-24-22(16-17)19-10-6-7-13-23(19)27(24)18-8-2-1-3-9-18/h1-16H,(H,29,30). The first-order valence-corrected chi connectivity index (χ1v) is 9.61. The second kappa shape index (κ2) is 7.01. The molecule has 0 radical (unpaired) electrons. The van der Waals surface area contributed by atoms with Gasteiger partial charge in [0.15, 0.2) is 5.78 Å². The van der Waals surface area contributed by atoms with Gasteiger partial charge in [-0.15, -0.1) is 0 Å². The highest BCUT2D eigenvalue weighted by Crippen LogP contribution is 2.33. The first kappa shape index (κ1) is 17.9. The molecule has 30 heavy (non-hydrogen) atoms. The lowest BCUT2D eigenvalue weighted by molar-refractivity contribution is 0.0693. The zero-order valence-electron chi connectivity index (χ0n) is 15.9. The predicted molar refractivity (Wildman–Crippen MR) is 118 cm³/mol. The fourth-order valence-electron chi connectivity index (χ4n) is 3.99. The summed E-state index contributed by atoms with van der Waals surface area (Å²) in [7, 11) is 0. The van der Waals surface area contributed by atoms with Crippen molar-refractivity contribution in [1.29, 1.82) is 0 Å². The van der Waals surface area contributed by atoms with Gasteiger partial charge in [0.25, 0.3) is 0 Å². The Morgan fingerprint density at radius 1 is 0.633 bits per heavy atom. The topological polar surface area (TPSA) is 59.3 Å². The molecule has 0 saturated heterocycles. The number of hydrogen-bond donors (Lipinski definition) is 1. The van der Waals surface area contributed by atoms with Crippen molar-refractivity contribution in [3.8, 4) is 5.69 Å². The Morgan fingerprint density at radius 2 is 1.27 bits per heavy atom. The van der Waals surface area contributed by atoms with Gasteiger partial charge in [0.05, 0.1) is 16.6 Å². The molecule has 0 saturated carbocycles. The van der Waals surface area contributed by atoms with Gasteiger partial charge in [-0.3, -0.25) is 4.79 Å². The molecule has 1 N–H and O–H groups in total. The van der Waals surface area contributed by atoms with Crippen LogP contribution in [-0.4, -0.2) is 21.4 Å². The van der Waals surface area contributed by atoms with E-state index in [1.54, 1.807) is 24.3 Å². The summed E-state index contributed by atoms with van der Waals surface area (Å²) in [4.78, 5) is 24.7. The largest absolute Gasteiger partial charge is 0.478 e. The van der Waals surface area contributed by atoms with Gasteiger partial charge in [0.2, 0.25) is 0 Å². The lowest BCUT2D eigenvalue weighted by Crippen LogP contribution is -2.09. The van der Waals surface area contributed by atoms with Gasteiger partial charge in [-0.1, -0.05) is 54.6 Å². The predicted octanol–water partition coefficient (Wildman–Crippen LogP) is 5.71. The number of nitrogens with zero attached hydrogens (tertiary/aromatic N) is 1. The average Bonchev–Trinajstić information content (AvgIpc) is 3.13. The van der Waals surface area contributed by atoms with E-state index in [9.17, 15) is 14.7 Å². The number of aromatic carboxylic acids is 1. The van der Waals surface area contributed by atoms with Crippen LogP contribution in [0.3, 0.4) is 0 Å². The van der Waals surface area contributed by atoms with Crippen LogP contribution >= 0.6 is 0 Å². The lowest BCUT2D eigenvalue weighted by Gasteiger charge is -2.08. The van der Waals surface area contributed by atoms with Crippen LogP contribution in [-0.2, 0) is 0 Å². The normalized spacial score (nSPS) is 11.1. The molecule has 5 aromatic rings. The molecule has 0 spiro atoms. The van der Waals surface area contributed by atoms with Crippen molar-refractivity contribution in [3.05, 3.63) is 114 Å². The van der Waals surface area contributed by atoms with Crippen LogP contribution in [0.1, 0.15) is 26.3 Å². The molecule has 0 unspecified atom stereocenters. The highest BCUT2D eigenvalue weighted by Gasteiger charge is 2.19. The molecule has 0 amide bonds. The molecule has 4 nitrogen and oxygen atoms in total. The molecule has 4 heteroatoms. The molecule has 1 heterocycles. The number of aromatic nitrogens is 1. The number of carbonyl (C=O) groups excluding carboxylic acids is 1. The smallest absolute Gasteiger partial charge is 0.336 e. The van der Waals surface area contributed by atoms with E-state index in [0.29, 0.717) is 5.56 Å². The first-order valence-electron chi connectivity index (χ1n) is 9.61. The summed E-state index contributed by atoms with van der Waals surface area (Å²) in [6, 6.07) is 30.0. The maximum Gasteiger partial charge on any atom is 0.336 e. The molecular weight excluding hydrogens is 374 g/mol. The van der Waals surface area contributed by atoms with Crippen molar-refractivity contribution < 1.29 is 14.7 Å². The third-order valence-electron chi connectivity index (χ3n) is 5.35. The number of benzene rings is 4. The van der Waals surface area contributed by atoms with Crippen molar-refractivity contribution in [2.75, 3.05) is 0 Å². The zero-order valence-corrected chi connectivity index (χ0v) is 15.9. The maximum atomic E-state index is 13.2. The van der Waals surface area contributed by atoms with Crippen LogP contribution in [0.4, 0.5) is 0 Å². The fourth-order valence-corrected chi connectivity index (χ4v) is 3.99. The molecular formula is C26H17NO3. The first-order chi connectivity index (χ1) is 14.6. The van der Waals surface area contributed by atoms with E-state index in [1.165, 1.54) is 6.07 Å². The van der Waals surface area contributed by atoms with Crippen LogP contribution in [0.25, 0.3) is 27.5 Å². The highest BCUT2D eigenvalue weighted by atomic mass is 16.4. The lowest BCUT2D eigenvalue weighted by atomic mass is 9.97. The van der Waals surface area contributed by atoms with Gasteiger partial charge in [0.1, 0.15) is 0 Å². The van der Waals surface area contributed by atoms with Crippen molar-refractivity contribution in [1.82, 2.24) is 4.57 Å². The average molecular weight is 391 g/mol. The number of hydrogen-bond acceptors (Lipinski definition) is 2. The number of rotatable bonds is 4. The summed E-state index contributed by atoms with van der Waals surface area (Å²) in [6.07, 6.45) is 0. The van der Waals surface area contributed by atoms with Crippen molar-refractivity contribution >= 4 is 33.6 Å². The van der Waals surface area contributed by atoms with Crippen molar-refractivity contribution in [2.45, 2.75) is 0 Å². The molecule has 1 aromatic heterocycles. The van der Waals surface area contributed by atoms with E-state index in [0.717, 1.165) is 27.5 Å². The number of para-hydroxylation sites is 2. The number of carboxylic acids is 1. The third kappa shape index (κ3) is 2.78. The summed E-state index contributed by atoms with van der Waals surface area (Å²) in [5, 5.41) is 11.4. The minimum absolute atomic E-state index is 0.00862. The van der Waals surface area contributed by atoms with Crippen LogP contribution in [0.2, 0.25) is 0 Å². The summed E-state index contributed by atoms with van der Waals surface area (Å²) >= 11 is 0. The Kier molecular flexibility index (Phi) is 4.18. The van der Waals surface area contributed by atoms with Crippen LogP contribution in [0, 0.1) is 0 Å². The van der Waals surface area contributed by atoms with Gasteiger partial charge in [-0.25, -0.2) is 4.79 Å². The van der Waals surface area contributed by atoms with Crippen molar-refractivity contribution in [2.24, 2.45) is 0 Å². The Hall–Kier alpha value is -4.18. The van der Waals surface area contributed by atoms with E-state index in [-0.39, 0.29) is 16.9 Å². The molecule has 0 aliphatic carbocycles. The molecule has 0 atom stereocenters. The van der Waals surface area contributed by atoms with E-state index in [4.69, 9.17) is 0 Å². The summed E-state index contributed by atoms with van der Waals surface area (Å²) < 4.78 is 2.17. The highest BCUT2D eigenvalue weighted by molar-refractivity contribution is 6.17. The quantitative estimate of drug-likeness (QED) is 0.399. The van der Waals surface area contributed by atoms with E-state index in [1.807, 2.05) is 60.7 Å². The maximum absolute atomic E-state index is 13.2. The molecule has 144 valence electrons. The zero-order chi connectivity index (χ0) is 20.7. The van der Waals surface area contributed by atoms with Gasteiger partial charge in [0, 0.05) is 27.6 Å². The molecule has 0 fully saturated rings. The molecule has 4 aromatic carbocycles. The molecule has 0 aliphatic rings. The molecule has 0 aliphatic heterocycles. The Balaban J connectivity index is 1.74. The van der Waals surface area contributed by atoms with Gasteiger partial charge >= 0.3 is 5.97 Å². The van der Waals surface area contributed by atoms with E-state index >= 15 is 0 Å². The SMILES string of the molecule is O=C(O)c1ccccc1C(=O)c1ccc2c(c1)c1ccccc1n2-c1ccccc1. The van der Waals surface area contributed by atoms with Crippen LogP contribution in [0.5, 0.6) is 0 Å². The number of ketones is 1. The minimum atomic E-state index is -1.11. The Morgan fingerprint density at radius 3 is 2.03 bits per heavy atom. The Bertz CT molecular complexity index is 1430. The third-order valence-corrected chi connectivity index (χ3v) is 5.35. The summed E-state index contributed by atoms with van der Waals surface area (Å²) in [5.41, 5.74) is 3.75. The van der Waals surface area contributed by atoms with Crippen molar-refractivity contribution in [3.63, 3.8) is 0 Å². The molecule has 0 bridgehead atoms.